The summed E-state index contributed by atoms with van der Waals surface area (Å²) in [6.45, 7) is 3.25. The Hall–Kier alpha value is -1.50. The van der Waals surface area contributed by atoms with E-state index in [0.29, 0.717) is 6.32 Å². The second kappa shape index (κ2) is 12.0. The van der Waals surface area contributed by atoms with Gasteiger partial charge in [0.15, 0.2) is 0 Å². The lowest BCUT2D eigenvalue weighted by Crippen LogP contribution is -2.23. The largest absolute Gasteiger partial charge is 0.451 e. The average molecular weight is 334 g/mol. The quantitative estimate of drug-likeness (QED) is 0.463. The van der Waals surface area contributed by atoms with Gasteiger partial charge >= 0.3 is 13.3 Å². The van der Waals surface area contributed by atoms with Crippen LogP contribution in [0.3, 0.4) is 0 Å². The maximum Gasteiger partial charge on any atom is 0.451 e. The van der Waals surface area contributed by atoms with Crippen LogP contribution in [0.15, 0.2) is 24.3 Å². The molecule has 0 saturated carbocycles. The maximum absolute atomic E-state index is 8.77. The Morgan fingerprint density at radius 1 is 1.08 bits per heavy atom. The summed E-state index contributed by atoms with van der Waals surface area (Å²) in [5, 5.41) is 17.5. The number of unbranched alkanes of at least 4 members (excludes halogenated alkanes) is 1. The van der Waals surface area contributed by atoms with Crippen LogP contribution in [0.2, 0.25) is 6.32 Å². The number of benzene rings is 1. The molecule has 1 aromatic carbocycles. The number of nitrogens with two attached hydrogens (primary N) is 1. The number of hydrogen-bond acceptors (Lipinski definition) is 6. The van der Waals surface area contributed by atoms with Gasteiger partial charge in [-0.25, -0.2) is 0 Å². The van der Waals surface area contributed by atoms with E-state index in [-0.39, 0.29) is 12.2 Å². The molecule has 24 heavy (non-hydrogen) atoms. The molecule has 0 aliphatic carbocycles. The molecule has 7 heteroatoms. The Kier molecular flexibility index (Phi) is 10.2. The second-order valence-electron chi connectivity index (χ2n) is 6.23. The van der Waals surface area contributed by atoms with Crippen LogP contribution in [0.25, 0.3) is 0 Å². The summed E-state index contributed by atoms with van der Waals surface area (Å²) in [7, 11) is -1.17. The zero-order valence-electron chi connectivity index (χ0n) is 14.1. The molecule has 4 N–H and O–H groups in total. The summed E-state index contributed by atoms with van der Waals surface area (Å²) < 4.78 is 0. The topological polar surface area (TPSA) is 104 Å². The Balaban J connectivity index is 0.000000891. The van der Waals surface area contributed by atoms with Gasteiger partial charge in [0.2, 0.25) is 0 Å². The number of rotatable bonds is 9. The van der Waals surface area contributed by atoms with Crippen LogP contribution in [-0.2, 0) is 22.7 Å². The van der Waals surface area contributed by atoms with Crippen LogP contribution in [-0.4, -0.2) is 40.8 Å². The second-order valence-corrected chi connectivity index (χ2v) is 6.23. The van der Waals surface area contributed by atoms with Crippen molar-refractivity contribution in [1.82, 2.24) is 4.90 Å². The number of hydrogen-bond donors (Lipinski definition) is 3. The highest BCUT2D eigenvalue weighted by molar-refractivity contribution is 6.40. The minimum atomic E-state index is -1.17. The van der Waals surface area contributed by atoms with Gasteiger partial charge in [-0.3, -0.25) is 4.90 Å². The third-order valence-corrected chi connectivity index (χ3v) is 4.24. The van der Waals surface area contributed by atoms with Crippen molar-refractivity contribution in [2.24, 2.45) is 5.73 Å². The number of carbonyl (C=O) groups excluding carboxylic acids is 2. The fourth-order valence-electron chi connectivity index (χ4n) is 3.02. The molecule has 1 atom stereocenters. The molecule has 0 radical (unpaired) electrons. The van der Waals surface area contributed by atoms with Crippen molar-refractivity contribution in [1.29, 1.82) is 0 Å². The predicted octanol–water partition coefficient (Wildman–Crippen LogP) is 1.17. The monoisotopic (exact) mass is 334 g/mol. The zero-order valence-corrected chi connectivity index (χ0v) is 14.1. The summed E-state index contributed by atoms with van der Waals surface area (Å²) in [5.41, 5.74) is 9.04. The summed E-state index contributed by atoms with van der Waals surface area (Å²) in [4.78, 5) is 18.7. The first-order chi connectivity index (χ1) is 11.6. The van der Waals surface area contributed by atoms with E-state index in [9.17, 15) is 0 Å². The van der Waals surface area contributed by atoms with Crippen molar-refractivity contribution in [3.8, 4) is 0 Å². The van der Waals surface area contributed by atoms with Crippen molar-refractivity contribution in [3.63, 3.8) is 0 Å². The highest BCUT2D eigenvalue weighted by atomic mass is 16.4. The minimum absolute atomic E-state index is 0.241. The molecule has 6 nitrogen and oxygen atoms in total. The van der Waals surface area contributed by atoms with Gasteiger partial charge in [-0.15, -0.1) is 0 Å². The molecule has 2 rings (SSSR count). The van der Waals surface area contributed by atoms with Crippen molar-refractivity contribution >= 4 is 13.3 Å². The summed E-state index contributed by atoms with van der Waals surface area (Å²) in [6, 6.07) is 8.90. The number of nitrogens with zero attached hydrogens (tertiary/aromatic N) is 1. The van der Waals surface area contributed by atoms with Gasteiger partial charge < -0.3 is 15.8 Å². The van der Waals surface area contributed by atoms with Gasteiger partial charge in [-0.1, -0.05) is 37.1 Å². The zero-order chi connectivity index (χ0) is 17.8. The first kappa shape index (κ1) is 20.5. The fourth-order valence-corrected chi connectivity index (χ4v) is 3.02. The van der Waals surface area contributed by atoms with Crippen LogP contribution >= 0.6 is 0 Å². The third-order valence-electron chi connectivity index (χ3n) is 4.24. The average Bonchev–Trinajstić information content (AvgIpc) is 2.95. The molecular formula is C17H27BN2O4. The lowest BCUT2D eigenvalue weighted by Gasteiger charge is -2.16. The van der Waals surface area contributed by atoms with E-state index in [2.05, 4.69) is 29.2 Å². The van der Waals surface area contributed by atoms with E-state index in [1.807, 2.05) is 0 Å². The molecule has 1 unspecified atom stereocenters. The van der Waals surface area contributed by atoms with E-state index in [1.165, 1.54) is 11.1 Å². The van der Waals surface area contributed by atoms with Crippen LogP contribution < -0.4 is 5.73 Å². The van der Waals surface area contributed by atoms with Crippen molar-refractivity contribution in [2.45, 2.75) is 57.6 Å². The van der Waals surface area contributed by atoms with E-state index in [1.54, 1.807) is 0 Å². The van der Waals surface area contributed by atoms with Gasteiger partial charge in [-0.2, -0.15) is 9.59 Å². The highest BCUT2D eigenvalue weighted by Gasteiger charge is 2.17. The Morgan fingerprint density at radius 3 is 2.17 bits per heavy atom. The molecule has 0 bridgehead atoms. The first-order valence-electron chi connectivity index (χ1n) is 8.47. The minimum Gasteiger partial charge on any atom is -0.427 e. The molecule has 132 valence electrons. The number of fused-ring (bicyclic) bond motifs is 1. The summed E-state index contributed by atoms with van der Waals surface area (Å²) >= 11 is 0. The SMILES string of the molecule is NC(CCCCB(O)O)CCCN1Cc2ccccc2C1.O=C=O. The molecule has 1 aliphatic heterocycles. The van der Waals surface area contributed by atoms with E-state index in [0.717, 1.165) is 51.7 Å². The maximum atomic E-state index is 8.77. The van der Waals surface area contributed by atoms with Gasteiger partial charge in [0.05, 0.1) is 0 Å². The molecule has 0 aromatic heterocycles. The molecule has 0 fully saturated rings. The van der Waals surface area contributed by atoms with Crippen LogP contribution in [0.1, 0.15) is 43.2 Å². The Bertz CT molecular complexity index is 482. The molecule has 0 spiro atoms. The molecule has 1 aromatic rings. The van der Waals surface area contributed by atoms with Crippen LogP contribution in [0, 0.1) is 0 Å². The Labute approximate surface area is 143 Å². The normalized spacial score (nSPS) is 14.3. The fraction of sp³-hybridized carbons (Fsp3) is 0.588. The van der Waals surface area contributed by atoms with Gasteiger partial charge in [0.1, 0.15) is 0 Å². The van der Waals surface area contributed by atoms with E-state index in [4.69, 9.17) is 25.4 Å². The smallest absolute Gasteiger partial charge is 0.427 e. The molecule has 1 aliphatic rings. The van der Waals surface area contributed by atoms with Crippen molar-refractivity contribution < 1.29 is 19.6 Å². The van der Waals surface area contributed by atoms with Crippen molar-refractivity contribution in [3.05, 3.63) is 35.4 Å². The van der Waals surface area contributed by atoms with E-state index < -0.39 is 7.12 Å². The molecule has 1 heterocycles. The van der Waals surface area contributed by atoms with Gasteiger partial charge in [0.25, 0.3) is 0 Å². The molecular weight excluding hydrogens is 307 g/mol. The Morgan fingerprint density at radius 2 is 1.62 bits per heavy atom. The highest BCUT2D eigenvalue weighted by Crippen LogP contribution is 2.22. The molecule has 0 saturated heterocycles. The summed E-state index contributed by atoms with van der Waals surface area (Å²) in [5.74, 6) is 0. The van der Waals surface area contributed by atoms with Crippen molar-refractivity contribution in [2.75, 3.05) is 6.54 Å². The van der Waals surface area contributed by atoms with Gasteiger partial charge in [-0.05, 0) is 43.3 Å². The first-order valence-corrected chi connectivity index (χ1v) is 8.47. The van der Waals surface area contributed by atoms with E-state index >= 15 is 0 Å². The lowest BCUT2D eigenvalue weighted by molar-refractivity contribution is -0.191. The lowest BCUT2D eigenvalue weighted by atomic mass is 9.83. The molecule has 0 amide bonds. The standard InChI is InChI=1S/C16H27BN2O2.CO2/c18-16(8-3-4-10-17(20)21)9-5-11-19-12-14-6-1-2-7-15(14)13-19;2-1-3/h1-2,6-7,16,20-21H,3-5,8-13,18H2;. The third kappa shape index (κ3) is 8.38. The summed E-state index contributed by atoms with van der Waals surface area (Å²) in [6.07, 6.45) is 5.69. The predicted molar refractivity (Wildman–Crippen MR) is 91.6 cm³/mol. The van der Waals surface area contributed by atoms with Gasteiger partial charge in [0, 0.05) is 19.1 Å². The van der Waals surface area contributed by atoms with Crippen LogP contribution in [0.5, 0.6) is 0 Å². The van der Waals surface area contributed by atoms with Crippen LogP contribution in [0.4, 0.5) is 0 Å².